The van der Waals surface area contributed by atoms with Gasteiger partial charge in [-0.15, -0.1) is 0 Å². The summed E-state index contributed by atoms with van der Waals surface area (Å²) in [6.07, 6.45) is 0.726. The molecule has 1 aromatic carbocycles. The third kappa shape index (κ3) is 2.76. The average molecular weight is 268 g/mol. The molecular weight excluding hydrogens is 252 g/mol. The first kappa shape index (κ1) is 13.2. The van der Waals surface area contributed by atoms with Crippen molar-refractivity contribution in [3.05, 3.63) is 33.9 Å². The lowest BCUT2D eigenvalue weighted by atomic mass is 10.0. The molecule has 0 amide bonds. The van der Waals surface area contributed by atoms with Crippen LogP contribution in [0, 0.1) is 17.0 Å². The number of thioether (sulfide) groups is 1. The van der Waals surface area contributed by atoms with Crippen molar-refractivity contribution >= 4 is 23.1 Å². The van der Waals surface area contributed by atoms with Crippen LogP contribution in [0.15, 0.2) is 18.2 Å². The van der Waals surface area contributed by atoms with Crippen molar-refractivity contribution < 1.29 is 10.0 Å². The summed E-state index contributed by atoms with van der Waals surface area (Å²) in [6.45, 7) is 2.06. The Bertz CT molecular complexity index is 459. The van der Waals surface area contributed by atoms with Gasteiger partial charge in [-0.05, 0) is 25.2 Å². The highest BCUT2D eigenvalue weighted by atomic mass is 32.2. The summed E-state index contributed by atoms with van der Waals surface area (Å²) in [7, 11) is 0. The molecule has 0 bridgehead atoms. The largest absolute Gasteiger partial charge is 0.387 e. The molecule has 0 aliphatic carbocycles. The van der Waals surface area contributed by atoms with E-state index in [-0.39, 0.29) is 10.6 Å². The molecule has 1 heterocycles. The third-order valence-electron chi connectivity index (χ3n) is 3.11. The molecule has 0 radical (unpaired) electrons. The molecule has 2 N–H and O–H groups in total. The number of anilines is 1. The van der Waals surface area contributed by atoms with E-state index in [0.717, 1.165) is 12.2 Å². The Kier molecular flexibility index (Phi) is 3.77. The second-order valence-corrected chi connectivity index (χ2v) is 5.71. The van der Waals surface area contributed by atoms with Gasteiger partial charge in [-0.3, -0.25) is 10.1 Å². The summed E-state index contributed by atoms with van der Waals surface area (Å²) >= 11 is 1.71. The van der Waals surface area contributed by atoms with Crippen LogP contribution >= 0.6 is 11.8 Å². The van der Waals surface area contributed by atoms with Crippen molar-refractivity contribution in [2.24, 2.45) is 0 Å². The monoisotopic (exact) mass is 268 g/mol. The van der Waals surface area contributed by atoms with E-state index in [9.17, 15) is 15.2 Å². The van der Waals surface area contributed by atoms with E-state index in [4.69, 9.17) is 0 Å². The van der Waals surface area contributed by atoms with Gasteiger partial charge in [-0.25, -0.2) is 0 Å². The summed E-state index contributed by atoms with van der Waals surface area (Å²) in [6, 6.07) is 5.16. The maximum Gasteiger partial charge on any atom is 0.295 e. The maximum absolute atomic E-state index is 11.0. The van der Waals surface area contributed by atoms with Crippen LogP contribution in [0.2, 0.25) is 0 Å². The highest BCUT2D eigenvalue weighted by Crippen LogP contribution is 2.31. The molecule has 1 atom stereocenters. The molecule has 1 saturated heterocycles. The van der Waals surface area contributed by atoms with Gasteiger partial charge in [-0.2, -0.15) is 11.8 Å². The van der Waals surface area contributed by atoms with Gasteiger partial charge >= 0.3 is 0 Å². The Morgan fingerprint density at radius 1 is 1.61 bits per heavy atom. The number of para-hydroxylation sites is 1. The van der Waals surface area contributed by atoms with Crippen molar-refractivity contribution in [2.75, 3.05) is 23.4 Å². The molecule has 98 valence electrons. The van der Waals surface area contributed by atoms with Gasteiger partial charge in [0.1, 0.15) is 5.69 Å². The summed E-state index contributed by atoms with van der Waals surface area (Å²) < 4.78 is 0. The number of hydrogen-bond acceptors (Lipinski definition) is 5. The van der Waals surface area contributed by atoms with Crippen molar-refractivity contribution in [2.45, 2.75) is 18.9 Å². The van der Waals surface area contributed by atoms with E-state index in [2.05, 4.69) is 5.32 Å². The van der Waals surface area contributed by atoms with E-state index in [1.165, 1.54) is 0 Å². The van der Waals surface area contributed by atoms with Gasteiger partial charge in [-0.1, -0.05) is 12.1 Å². The number of hydrogen-bond donors (Lipinski definition) is 2. The molecule has 18 heavy (non-hydrogen) atoms. The van der Waals surface area contributed by atoms with E-state index in [1.54, 1.807) is 36.9 Å². The molecule has 1 fully saturated rings. The zero-order valence-corrected chi connectivity index (χ0v) is 11.0. The van der Waals surface area contributed by atoms with Crippen molar-refractivity contribution in [3.8, 4) is 0 Å². The number of nitrogens with one attached hydrogen (secondary N) is 1. The molecule has 6 heteroatoms. The predicted molar refractivity (Wildman–Crippen MR) is 73.2 cm³/mol. The molecule has 1 aromatic rings. The number of aryl methyl sites for hydroxylation is 1. The first-order valence-electron chi connectivity index (χ1n) is 5.80. The maximum atomic E-state index is 11.0. The summed E-state index contributed by atoms with van der Waals surface area (Å²) in [5.74, 6) is 1.62. The minimum atomic E-state index is -0.748. The first-order chi connectivity index (χ1) is 8.52. The summed E-state index contributed by atoms with van der Waals surface area (Å²) in [5, 5.41) is 24.2. The summed E-state index contributed by atoms with van der Waals surface area (Å²) in [4.78, 5) is 10.6. The zero-order valence-electron chi connectivity index (χ0n) is 10.2. The van der Waals surface area contributed by atoms with E-state index < -0.39 is 5.60 Å². The van der Waals surface area contributed by atoms with Crippen LogP contribution in [0.4, 0.5) is 11.4 Å². The second kappa shape index (κ2) is 5.16. The highest BCUT2D eigenvalue weighted by Gasteiger charge is 2.32. The van der Waals surface area contributed by atoms with E-state index >= 15 is 0 Å². The Morgan fingerprint density at radius 2 is 2.39 bits per heavy atom. The molecule has 1 aliphatic rings. The normalized spacial score (nSPS) is 23.0. The number of aliphatic hydroxyl groups is 1. The Balaban J connectivity index is 2.14. The topological polar surface area (TPSA) is 75.4 Å². The van der Waals surface area contributed by atoms with Crippen molar-refractivity contribution in [1.29, 1.82) is 0 Å². The fraction of sp³-hybridized carbons (Fsp3) is 0.500. The number of nitro groups is 1. The van der Waals surface area contributed by atoms with Crippen LogP contribution in [0.25, 0.3) is 0 Å². The Hall–Kier alpha value is -1.27. The number of benzene rings is 1. The van der Waals surface area contributed by atoms with Crippen LogP contribution < -0.4 is 5.32 Å². The molecule has 5 nitrogen and oxygen atoms in total. The number of nitro benzene ring substituents is 1. The standard InChI is InChI=1S/C12H16N2O3S/c1-9-3-2-4-10(11(9)14(16)17)13-7-12(15)5-6-18-8-12/h2-4,13,15H,5-8H2,1H3. The minimum Gasteiger partial charge on any atom is -0.387 e. The minimum absolute atomic E-state index is 0.0896. The van der Waals surface area contributed by atoms with Gasteiger partial charge in [0.15, 0.2) is 0 Å². The van der Waals surface area contributed by atoms with Gasteiger partial charge in [0, 0.05) is 17.9 Å². The van der Waals surface area contributed by atoms with E-state index in [0.29, 0.717) is 23.5 Å². The quantitative estimate of drug-likeness (QED) is 0.646. The van der Waals surface area contributed by atoms with Gasteiger partial charge in [0.05, 0.1) is 10.5 Å². The fourth-order valence-corrected chi connectivity index (χ4v) is 3.33. The van der Waals surface area contributed by atoms with Crippen molar-refractivity contribution in [3.63, 3.8) is 0 Å². The molecule has 0 saturated carbocycles. The lowest BCUT2D eigenvalue weighted by Crippen LogP contribution is -2.36. The molecule has 2 rings (SSSR count). The molecule has 1 unspecified atom stereocenters. The number of nitrogens with zero attached hydrogens (tertiary/aromatic N) is 1. The third-order valence-corrected chi connectivity index (χ3v) is 4.34. The summed E-state index contributed by atoms with van der Waals surface area (Å²) in [5.41, 5.74) is 0.442. The number of rotatable bonds is 4. The molecule has 1 aliphatic heterocycles. The van der Waals surface area contributed by atoms with Crippen LogP contribution in [-0.4, -0.2) is 33.7 Å². The predicted octanol–water partition coefficient (Wildman–Crippen LogP) is 2.18. The lowest BCUT2D eigenvalue weighted by molar-refractivity contribution is -0.384. The van der Waals surface area contributed by atoms with Gasteiger partial charge in [0.2, 0.25) is 0 Å². The van der Waals surface area contributed by atoms with Crippen LogP contribution in [-0.2, 0) is 0 Å². The molecular formula is C12H16N2O3S. The van der Waals surface area contributed by atoms with Crippen LogP contribution in [0.3, 0.4) is 0 Å². The van der Waals surface area contributed by atoms with Crippen LogP contribution in [0.1, 0.15) is 12.0 Å². The fourth-order valence-electron chi connectivity index (χ4n) is 2.04. The zero-order chi connectivity index (χ0) is 13.2. The highest BCUT2D eigenvalue weighted by molar-refractivity contribution is 7.99. The first-order valence-corrected chi connectivity index (χ1v) is 6.95. The Labute approximate surface area is 110 Å². The average Bonchev–Trinajstić information content (AvgIpc) is 2.73. The van der Waals surface area contributed by atoms with Crippen LogP contribution in [0.5, 0.6) is 0 Å². The second-order valence-electron chi connectivity index (χ2n) is 4.61. The SMILES string of the molecule is Cc1cccc(NCC2(O)CCSC2)c1[N+](=O)[O-]. The Morgan fingerprint density at radius 3 is 3.00 bits per heavy atom. The molecule has 0 aromatic heterocycles. The lowest BCUT2D eigenvalue weighted by Gasteiger charge is -2.22. The van der Waals surface area contributed by atoms with Crippen molar-refractivity contribution in [1.82, 2.24) is 0 Å². The smallest absolute Gasteiger partial charge is 0.295 e. The van der Waals surface area contributed by atoms with Gasteiger partial charge < -0.3 is 10.4 Å². The van der Waals surface area contributed by atoms with Gasteiger partial charge in [0.25, 0.3) is 5.69 Å². The van der Waals surface area contributed by atoms with E-state index in [1.807, 2.05) is 0 Å². The molecule has 0 spiro atoms.